The second kappa shape index (κ2) is 7.59. The number of hydrogen-bond donors (Lipinski definition) is 1. The monoisotopic (exact) mass is 347 g/mol. The summed E-state index contributed by atoms with van der Waals surface area (Å²) < 4.78 is 13.4. The van der Waals surface area contributed by atoms with Crippen LogP contribution in [0.1, 0.15) is 30.3 Å². The average Bonchev–Trinajstić information content (AvgIpc) is 3.01. The molecule has 130 valence electrons. The van der Waals surface area contributed by atoms with Crippen LogP contribution in [0.4, 0.5) is 0 Å². The van der Waals surface area contributed by atoms with Crippen LogP contribution in [0.2, 0.25) is 0 Å². The van der Waals surface area contributed by atoms with Gasteiger partial charge in [0.05, 0.1) is 0 Å². The minimum atomic E-state index is -0.931. The van der Waals surface area contributed by atoms with Gasteiger partial charge >= 0.3 is 0 Å². The van der Waals surface area contributed by atoms with Crippen molar-refractivity contribution >= 4 is 10.8 Å². The van der Waals surface area contributed by atoms with Gasteiger partial charge < -0.3 is 9.67 Å². The number of piperidine rings is 1. The third-order valence-electron chi connectivity index (χ3n) is 4.77. The molecule has 0 radical (unpaired) electrons. The summed E-state index contributed by atoms with van der Waals surface area (Å²) in [7, 11) is 0.991. The molecule has 0 amide bonds. The Hall–Kier alpha value is -1.50. The van der Waals surface area contributed by atoms with E-state index >= 15 is 0 Å². The molecule has 0 bridgehead atoms. The fraction of sp³-hybridized carbons (Fsp3) is 0.500. The van der Waals surface area contributed by atoms with Crippen molar-refractivity contribution in [3.63, 3.8) is 0 Å². The number of imidazole rings is 1. The van der Waals surface area contributed by atoms with Crippen LogP contribution in [0.3, 0.4) is 0 Å². The van der Waals surface area contributed by atoms with E-state index in [4.69, 9.17) is 0 Å². The third-order valence-corrected chi connectivity index (χ3v) is 5.71. The molecule has 5 nitrogen and oxygen atoms in total. The first kappa shape index (κ1) is 17.3. The molecule has 6 heteroatoms. The van der Waals surface area contributed by atoms with Crippen LogP contribution < -0.4 is 0 Å². The van der Waals surface area contributed by atoms with Crippen molar-refractivity contribution in [2.24, 2.45) is 13.0 Å². The van der Waals surface area contributed by atoms with Crippen molar-refractivity contribution in [1.29, 1.82) is 0 Å². The fourth-order valence-corrected chi connectivity index (χ4v) is 3.93. The van der Waals surface area contributed by atoms with E-state index in [0.29, 0.717) is 0 Å². The lowest BCUT2D eigenvalue weighted by Crippen LogP contribution is -2.37. The van der Waals surface area contributed by atoms with Crippen molar-refractivity contribution in [3.8, 4) is 0 Å². The molecular formula is C18H25N3O2S. The third kappa shape index (κ3) is 3.94. The maximum absolute atomic E-state index is 11.5. The van der Waals surface area contributed by atoms with E-state index in [0.717, 1.165) is 43.2 Å². The van der Waals surface area contributed by atoms with Gasteiger partial charge in [0.15, 0.2) is 0 Å². The van der Waals surface area contributed by atoms with E-state index in [2.05, 4.69) is 22.0 Å². The molecule has 3 unspecified atom stereocenters. The van der Waals surface area contributed by atoms with Crippen LogP contribution in [-0.4, -0.2) is 43.1 Å². The summed E-state index contributed by atoms with van der Waals surface area (Å²) in [6, 6.07) is 7.98. The Morgan fingerprint density at radius 3 is 2.75 bits per heavy atom. The van der Waals surface area contributed by atoms with Crippen molar-refractivity contribution in [2.45, 2.75) is 30.4 Å². The van der Waals surface area contributed by atoms with Crippen LogP contribution >= 0.6 is 0 Å². The molecular weight excluding hydrogens is 322 g/mol. The highest BCUT2D eigenvalue weighted by Gasteiger charge is 2.29. The minimum Gasteiger partial charge on any atom is -0.385 e. The second-order valence-electron chi connectivity index (χ2n) is 6.58. The first-order chi connectivity index (χ1) is 11.5. The zero-order valence-electron chi connectivity index (χ0n) is 14.3. The average molecular weight is 347 g/mol. The summed E-state index contributed by atoms with van der Waals surface area (Å²) in [5.41, 5.74) is 1.22. The van der Waals surface area contributed by atoms with Crippen molar-refractivity contribution in [3.05, 3.63) is 48.0 Å². The number of hydrogen-bond acceptors (Lipinski definition) is 4. The van der Waals surface area contributed by atoms with Crippen molar-refractivity contribution < 1.29 is 9.32 Å². The van der Waals surface area contributed by atoms with Gasteiger partial charge in [0.25, 0.3) is 0 Å². The lowest BCUT2D eigenvalue weighted by Gasteiger charge is -2.35. The van der Waals surface area contributed by atoms with E-state index in [9.17, 15) is 9.32 Å². The maximum atomic E-state index is 11.5. The first-order valence-corrected chi connectivity index (χ1v) is 9.90. The van der Waals surface area contributed by atoms with Gasteiger partial charge in [0.2, 0.25) is 0 Å². The Balaban J connectivity index is 1.63. The van der Waals surface area contributed by atoms with E-state index in [1.807, 2.05) is 29.9 Å². The van der Waals surface area contributed by atoms with Crippen LogP contribution in [0.5, 0.6) is 0 Å². The van der Waals surface area contributed by atoms with Crippen molar-refractivity contribution in [1.82, 2.24) is 14.5 Å². The molecule has 0 spiro atoms. The lowest BCUT2D eigenvalue weighted by atomic mass is 9.91. The zero-order chi connectivity index (χ0) is 17.1. The van der Waals surface area contributed by atoms with E-state index in [1.54, 1.807) is 12.5 Å². The number of nitrogens with zero attached hydrogens (tertiary/aromatic N) is 3. The number of benzene rings is 1. The number of aromatic nitrogens is 2. The van der Waals surface area contributed by atoms with Crippen LogP contribution in [0, 0.1) is 5.92 Å². The molecule has 2 heterocycles. The fourth-order valence-electron chi connectivity index (χ4n) is 3.41. The molecule has 1 fully saturated rings. The van der Waals surface area contributed by atoms with Gasteiger partial charge in [-0.1, -0.05) is 12.1 Å². The summed E-state index contributed by atoms with van der Waals surface area (Å²) in [6.07, 6.45) is 6.90. The standard InChI is InChI=1S/C18H25N3O2S/c1-20-11-9-19-18(20)17(22)15-4-3-10-21(13-15)12-14-5-7-16(8-6-14)24(2)23/h5-9,11,15,17,22H,3-4,10,12-13H2,1-2H3. The number of aryl methyl sites for hydroxylation is 1. The predicted molar refractivity (Wildman–Crippen MR) is 94.9 cm³/mol. The van der Waals surface area contributed by atoms with Crippen LogP contribution in [0.15, 0.2) is 41.6 Å². The summed E-state index contributed by atoms with van der Waals surface area (Å²) in [4.78, 5) is 7.54. The summed E-state index contributed by atoms with van der Waals surface area (Å²) in [5.74, 6) is 0.957. The van der Waals surface area contributed by atoms with Gasteiger partial charge in [-0.15, -0.1) is 0 Å². The highest BCUT2D eigenvalue weighted by molar-refractivity contribution is 7.84. The van der Waals surface area contributed by atoms with E-state index < -0.39 is 16.9 Å². The largest absolute Gasteiger partial charge is 0.385 e. The number of aliphatic hydroxyl groups is 1. The Bertz CT molecular complexity index is 699. The SMILES string of the molecule is Cn1ccnc1C(O)C1CCCN(Cc2ccc(S(C)=O)cc2)C1. The van der Waals surface area contributed by atoms with Crippen molar-refractivity contribution in [2.75, 3.05) is 19.3 Å². The molecule has 3 rings (SSSR count). The summed E-state index contributed by atoms with van der Waals surface area (Å²) >= 11 is 0. The zero-order valence-corrected chi connectivity index (χ0v) is 15.1. The quantitative estimate of drug-likeness (QED) is 0.900. The normalized spacial score (nSPS) is 21.5. The molecule has 2 aromatic rings. The molecule has 24 heavy (non-hydrogen) atoms. The van der Waals surface area contributed by atoms with Gasteiger partial charge in [-0.05, 0) is 37.1 Å². The molecule has 0 aliphatic carbocycles. The molecule has 1 aromatic carbocycles. The molecule has 1 N–H and O–H groups in total. The van der Waals surface area contributed by atoms with Gasteiger partial charge in [-0.25, -0.2) is 4.98 Å². The Morgan fingerprint density at radius 1 is 1.38 bits per heavy atom. The van der Waals surface area contributed by atoms with E-state index in [-0.39, 0.29) is 5.92 Å². The topological polar surface area (TPSA) is 58.4 Å². The number of aliphatic hydroxyl groups excluding tert-OH is 1. The highest BCUT2D eigenvalue weighted by atomic mass is 32.2. The predicted octanol–water partition coefficient (Wildman–Crippen LogP) is 2.10. The molecule has 3 atom stereocenters. The lowest BCUT2D eigenvalue weighted by molar-refractivity contribution is 0.0405. The van der Waals surface area contributed by atoms with E-state index in [1.165, 1.54) is 5.56 Å². The number of likely N-dealkylation sites (tertiary alicyclic amines) is 1. The van der Waals surface area contributed by atoms with Gasteiger partial charge in [-0.3, -0.25) is 9.11 Å². The van der Waals surface area contributed by atoms with Gasteiger partial charge in [0.1, 0.15) is 11.9 Å². The molecule has 1 aliphatic heterocycles. The first-order valence-electron chi connectivity index (χ1n) is 8.34. The maximum Gasteiger partial charge on any atom is 0.137 e. The summed E-state index contributed by atoms with van der Waals surface area (Å²) in [5, 5.41) is 10.7. The smallest absolute Gasteiger partial charge is 0.137 e. The highest BCUT2D eigenvalue weighted by Crippen LogP contribution is 2.29. The van der Waals surface area contributed by atoms with Crippen LogP contribution in [-0.2, 0) is 24.4 Å². The van der Waals surface area contributed by atoms with Gasteiger partial charge in [0, 0.05) is 60.4 Å². The Morgan fingerprint density at radius 2 is 2.12 bits per heavy atom. The summed E-state index contributed by atoms with van der Waals surface area (Å²) in [6.45, 7) is 2.78. The minimum absolute atomic E-state index is 0.210. The molecule has 0 saturated carbocycles. The Labute approximate surface area is 145 Å². The number of rotatable bonds is 5. The second-order valence-corrected chi connectivity index (χ2v) is 7.96. The Kier molecular flexibility index (Phi) is 5.48. The van der Waals surface area contributed by atoms with Gasteiger partial charge in [-0.2, -0.15) is 0 Å². The molecule has 1 aromatic heterocycles. The molecule has 1 aliphatic rings. The molecule has 1 saturated heterocycles. The van der Waals surface area contributed by atoms with Crippen LogP contribution in [0.25, 0.3) is 0 Å².